The molecule has 8 heteroatoms. The molecule has 0 aliphatic carbocycles. The van der Waals surface area contributed by atoms with Gasteiger partial charge in [0.25, 0.3) is 0 Å². The monoisotopic (exact) mass is 466 g/mol. The first-order chi connectivity index (χ1) is 13.3. The molecule has 2 N–H and O–H groups in total. The Bertz CT molecular complexity index is 919. The first-order valence-corrected chi connectivity index (χ1v) is 11.3. The largest absolute Gasteiger partial charge is 0.493 e. The molecule has 1 aliphatic rings. The highest BCUT2D eigenvalue weighted by molar-refractivity contribution is 9.10. The fourth-order valence-corrected chi connectivity index (χ4v) is 5.42. The lowest BCUT2D eigenvalue weighted by molar-refractivity contribution is -0.121. The molecule has 1 atom stereocenters. The van der Waals surface area contributed by atoms with Crippen molar-refractivity contribution in [3.8, 4) is 5.75 Å². The van der Waals surface area contributed by atoms with Gasteiger partial charge in [0, 0.05) is 29.4 Å². The van der Waals surface area contributed by atoms with Crippen LogP contribution in [0.25, 0.3) is 0 Å². The van der Waals surface area contributed by atoms with Gasteiger partial charge < -0.3 is 10.5 Å². The fourth-order valence-electron chi connectivity index (χ4n) is 3.56. The molecule has 28 heavy (non-hydrogen) atoms. The Balaban J connectivity index is 1.83. The molecule has 1 unspecified atom stereocenters. The summed E-state index contributed by atoms with van der Waals surface area (Å²) < 4.78 is 34.3. The average molecular weight is 467 g/mol. The Hall–Kier alpha value is -1.90. The molecule has 2 aromatic rings. The molecule has 2 aromatic carbocycles. The maximum atomic E-state index is 13.1. The number of piperidine rings is 1. The van der Waals surface area contributed by atoms with Crippen molar-refractivity contribution in [3.05, 3.63) is 59.1 Å². The summed E-state index contributed by atoms with van der Waals surface area (Å²) in [6.07, 6.45) is 1.39. The molecule has 0 radical (unpaired) electrons. The van der Waals surface area contributed by atoms with E-state index in [1.54, 1.807) is 24.3 Å². The number of carbonyl (C=O) groups is 1. The van der Waals surface area contributed by atoms with Gasteiger partial charge >= 0.3 is 0 Å². The molecule has 1 amide bonds. The molecular weight excluding hydrogens is 444 g/mol. The van der Waals surface area contributed by atoms with Crippen LogP contribution in [0.3, 0.4) is 0 Å². The van der Waals surface area contributed by atoms with Crippen molar-refractivity contribution in [1.29, 1.82) is 0 Å². The number of para-hydroxylation sites is 1. The second kappa shape index (κ2) is 8.63. The summed E-state index contributed by atoms with van der Waals surface area (Å²) >= 11 is 3.32. The van der Waals surface area contributed by atoms with Gasteiger partial charge in [-0.1, -0.05) is 34.1 Å². The molecule has 3 rings (SSSR count). The average Bonchev–Trinajstić information content (AvgIpc) is 2.67. The number of nitrogens with zero attached hydrogens (tertiary/aromatic N) is 1. The van der Waals surface area contributed by atoms with Crippen LogP contribution >= 0.6 is 15.9 Å². The molecule has 1 heterocycles. The number of rotatable bonds is 7. The molecule has 1 saturated heterocycles. The van der Waals surface area contributed by atoms with Crippen molar-refractivity contribution >= 4 is 31.9 Å². The molecular formula is C20H23BrN2O4S. The highest BCUT2D eigenvalue weighted by atomic mass is 79.9. The van der Waals surface area contributed by atoms with Crippen molar-refractivity contribution in [2.75, 3.05) is 19.7 Å². The Morgan fingerprint density at radius 1 is 1.14 bits per heavy atom. The summed E-state index contributed by atoms with van der Waals surface area (Å²) in [5, 5.41) is 0. The third kappa shape index (κ3) is 4.92. The van der Waals surface area contributed by atoms with Crippen LogP contribution in [0, 0.1) is 5.41 Å². The number of ether oxygens (including phenoxy) is 1. The minimum absolute atomic E-state index is 0.0756. The van der Waals surface area contributed by atoms with E-state index in [9.17, 15) is 13.2 Å². The molecule has 0 bridgehead atoms. The van der Waals surface area contributed by atoms with Gasteiger partial charge in [-0.3, -0.25) is 4.79 Å². The number of hydrogen-bond acceptors (Lipinski definition) is 4. The van der Waals surface area contributed by atoms with Gasteiger partial charge in [0.1, 0.15) is 5.75 Å². The normalized spacial score (nSPS) is 20.6. The van der Waals surface area contributed by atoms with Crippen LogP contribution in [0.1, 0.15) is 19.3 Å². The van der Waals surface area contributed by atoms with Gasteiger partial charge in [-0.25, -0.2) is 8.42 Å². The minimum atomic E-state index is -3.66. The summed E-state index contributed by atoms with van der Waals surface area (Å²) in [7, 11) is -3.66. The first-order valence-electron chi connectivity index (χ1n) is 9.03. The molecule has 0 saturated carbocycles. The Labute approximate surface area is 173 Å². The summed E-state index contributed by atoms with van der Waals surface area (Å²) in [6, 6.07) is 15.8. The predicted octanol–water partition coefficient (Wildman–Crippen LogP) is 3.17. The van der Waals surface area contributed by atoms with Gasteiger partial charge in [-0.2, -0.15) is 4.31 Å². The van der Waals surface area contributed by atoms with Gasteiger partial charge in [-0.05, 0) is 49.2 Å². The summed E-state index contributed by atoms with van der Waals surface area (Å²) in [5.74, 6) is 0.221. The lowest BCUT2D eigenvalue weighted by Gasteiger charge is -2.41. The van der Waals surface area contributed by atoms with Gasteiger partial charge in [-0.15, -0.1) is 0 Å². The lowest BCUT2D eigenvalue weighted by Crippen LogP contribution is -2.50. The topological polar surface area (TPSA) is 89.7 Å². The molecule has 1 aliphatic heterocycles. The van der Waals surface area contributed by atoms with Crippen molar-refractivity contribution in [3.63, 3.8) is 0 Å². The zero-order valence-electron chi connectivity index (χ0n) is 15.4. The lowest BCUT2D eigenvalue weighted by atomic mass is 9.78. The van der Waals surface area contributed by atoms with Gasteiger partial charge in [0.2, 0.25) is 15.9 Å². The Kier molecular flexibility index (Phi) is 6.42. The summed E-state index contributed by atoms with van der Waals surface area (Å²) in [6.45, 7) is 0.831. The van der Waals surface area contributed by atoms with E-state index >= 15 is 0 Å². The van der Waals surface area contributed by atoms with Crippen LogP contribution in [-0.2, 0) is 14.8 Å². The van der Waals surface area contributed by atoms with Crippen molar-refractivity contribution in [1.82, 2.24) is 4.31 Å². The molecule has 150 valence electrons. The van der Waals surface area contributed by atoms with E-state index in [4.69, 9.17) is 10.5 Å². The van der Waals surface area contributed by atoms with Crippen LogP contribution in [-0.4, -0.2) is 38.3 Å². The number of halogens is 1. The van der Waals surface area contributed by atoms with E-state index < -0.39 is 21.3 Å². The SMILES string of the molecule is NC(=O)CC1(COc2ccccc2)CCCN(S(=O)(=O)c2ccc(Br)cc2)C1. The van der Waals surface area contributed by atoms with Gasteiger partial charge in [0.15, 0.2) is 0 Å². The second-order valence-electron chi connectivity index (χ2n) is 7.14. The number of amides is 1. The van der Waals surface area contributed by atoms with Crippen LogP contribution in [0.2, 0.25) is 0 Å². The number of sulfonamides is 1. The maximum absolute atomic E-state index is 13.1. The predicted molar refractivity (Wildman–Crippen MR) is 110 cm³/mol. The van der Waals surface area contributed by atoms with Crippen LogP contribution < -0.4 is 10.5 Å². The summed E-state index contributed by atoms with van der Waals surface area (Å²) in [5.41, 5.74) is 4.84. The molecule has 0 spiro atoms. The quantitative estimate of drug-likeness (QED) is 0.678. The highest BCUT2D eigenvalue weighted by Crippen LogP contribution is 2.36. The van der Waals surface area contributed by atoms with Gasteiger partial charge in [0.05, 0.1) is 11.5 Å². The highest BCUT2D eigenvalue weighted by Gasteiger charge is 2.42. The number of hydrogen-bond donors (Lipinski definition) is 1. The third-order valence-electron chi connectivity index (χ3n) is 4.92. The van der Waals surface area contributed by atoms with E-state index in [2.05, 4.69) is 15.9 Å². The smallest absolute Gasteiger partial charge is 0.243 e. The Morgan fingerprint density at radius 3 is 2.46 bits per heavy atom. The fraction of sp³-hybridized carbons (Fsp3) is 0.350. The molecule has 6 nitrogen and oxygen atoms in total. The number of carbonyl (C=O) groups excluding carboxylic acids is 1. The number of nitrogens with two attached hydrogens (primary N) is 1. The summed E-state index contributed by atoms with van der Waals surface area (Å²) in [4.78, 5) is 12.0. The Morgan fingerprint density at radius 2 is 1.82 bits per heavy atom. The van der Waals surface area contributed by atoms with E-state index in [-0.39, 0.29) is 24.5 Å². The van der Waals surface area contributed by atoms with Crippen LogP contribution in [0.5, 0.6) is 5.75 Å². The zero-order chi connectivity index (χ0) is 20.2. The van der Waals surface area contributed by atoms with Crippen molar-refractivity contribution in [2.45, 2.75) is 24.2 Å². The number of benzene rings is 2. The minimum Gasteiger partial charge on any atom is -0.493 e. The van der Waals surface area contributed by atoms with Crippen LogP contribution in [0.15, 0.2) is 64.0 Å². The van der Waals surface area contributed by atoms with E-state index in [1.165, 1.54) is 4.31 Å². The third-order valence-corrected chi connectivity index (χ3v) is 7.30. The maximum Gasteiger partial charge on any atom is 0.243 e. The first kappa shape index (κ1) is 20.8. The standard InChI is InChI=1S/C20H23BrN2O4S/c21-16-7-9-18(10-8-16)28(25,26)23-12-4-11-20(14-23,13-19(22)24)15-27-17-5-2-1-3-6-17/h1-3,5-10H,4,11-15H2,(H2,22,24). The number of primary amides is 1. The second-order valence-corrected chi connectivity index (χ2v) is 9.99. The molecule has 1 fully saturated rings. The van der Waals surface area contributed by atoms with Crippen LogP contribution in [0.4, 0.5) is 0 Å². The molecule has 0 aromatic heterocycles. The van der Waals surface area contributed by atoms with E-state index in [0.717, 1.165) is 4.47 Å². The zero-order valence-corrected chi connectivity index (χ0v) is 17.8. The van der Waals surface area contributed by atoms with E-state index in [0.29, 0.717) is 25.1 Å². The van der Waals surface area contributed by atoms with Crippen molar-refractivity contribution < 1.29 is 17.9 Å². The van der Waals surface area contributed by atoms with E-state index in [1.807, 2.05) is 30.3 Å². The van der Waals surface area contributed by atoms with Crippen molar-refractivity contribution in [2.24, 2.45) is 11.1 Å².